The summed E-state index contributed by atoms with van der Waals surface area (Å²) in [7, 11) is 1.75. The first kappa shape index (κ1) is 14.8. The van der Waals surface area contributed by atoms with Crippen molar-refractivity contribution in [2.45, 2.75) is 25.9 Å². The predicted molar refractivity (Wildman–Crippen MR) is 80.1 cm³/mol. The number of carbonyl (C=O) groups is 1. The van der Waals surface area contributed by atoms with Gasteiger partial charge in [0, 0.05) is 25.7 Å². The van der Waals surface area contributed by atoms with Crippen molar-refractivity contribution in [3.05, 3.63) is 36.0 Å². The number of hydrogen-bond acceptors (Lipinski definition) is 5. The molecule has 1 amide bonds. The first-order valence-corrected chi connectivity index (χ1v) is 7.60. The van der Waals surface area contributed by atoms with Gasteiger partial charge in [0.2, 0.25) is 0 Å². The minimum atomic E-state index is -0.130. The van der Waals surface area contributed by atoms with E-state index in [1.165, 1.54) is 12.8 Å². The molecule has 1 N–H and O–H groups in total. The van der Waals surface area contributed by atoms with Crippen LogP contribution in [0.5, 0.6) is 0 Å². The normalized spacial score (nSPS) is 18.3. The van der Waals surface area contributed by atoms with Crippen LogP contribution in [0.1, 0.15) is 28.9 Å². The number of furan rings is 1. The lowest BCUT2D eigenvalue weighted by molar-refractivity contribution is 0.0779. The van der Waals surface area contributed by atoms with Crippen LogP contribution in [0.3, 0.4) is 0 Å². The largest absolute Gasteiger partial charge is 0.472 e. The van der Waals surface area contributed by atoms with Crippen molar-refractivity contribution in [3.8, 4) is 0 Å². The van der Waals surface area contributed by atoms with Crippen LogP contribution in [-0.4, -0.2) is 45.9 Å². The number of aromatic nitrogens is 3. The fourth-order valence-electron chi connectivity index (χ4n) is 2.75. The molecule has 0 unspecified atom stereocenters. The van der Waals surface area contributed by atoms with Crippen molar-refractivity contribution in [2.75, 3.05) is 20.1 Å². The molecule has 3 rings (SSSR count). The lowest BCUT2D eigenvalue weighted by Crippen LogP contribution is -2.32. The summed E-state index contributed by atoms with van der Waals surface area (Å²) in [5.74, 6) is 0.427. The first-order chi connectivity index (χ1) is 10.7. The van der Waals surface area contributed by atoms with Gasteiger partial charge in [0.15, 0.2) is 5.69 Å². The summed E-state index contributed by atoms with van der Waals surface area (Å²) in [6.07, 6.45) is 7.36. The molecule has 1 aliphatic heterocycles. The van der Waals surface area contributed by atoms with Gasteiger partial charge in [-0.2, -0.15) is 0 Å². The summed E-state index contributed by atoms with van der Waals surface area (Å²) in [5.41, 5.74) is 1.34. The number of hydrogen-bond donors (Lipinski definition) is 1. The Labute approximate surface area is 129 Å². The van der Waals surface area contributed by atoms with Crippen LogP contribution in [0.25, 0.3) is 0 Å². The van der Waals surface area contributed by atoms with Crippen molar-refractivity contribution < 1.29 is 9.21 Å². The smallest absolute Gasteiger partial charge is 0.276 e. The Morgan fingerprint density at radius 2 is 2.50 bits per heavy atom. The Morgan fingerprint density at radius 1 is 1.59 bits per heavy atom. The van der Waals surface area contributed by atoms with Crippen LogP contribution in [0, 0.1) is 5.92 Å². The Bertz CT molecular complexity index is 601. The third-order valence-corrected chi connectivity index (χ3v) is 3.95. The highest BCUT2D eigenvalue weighted by Crippen LogP contribution is 2.12. The van der Waals surface area contributed by atoms with Crippen LogP contribution in [-0.2, 0) is 13.1 Å². The standard InChI is InChI=1S/C15H21N5O2/c1-19(8-13-4-6-22-11-13)15(21)14-10-20(18-17-14)9-12-3-2-5-16-7-12/h4,6,10-12,16H,2-3,5,7-9H2,1H3/t12-/m0/s1. The van der Waals surface area contributed by atoms with Crippen LogP contribution in [0.4, 0.5) is 0 Å². The van der Waals surface area contributed by atoms with E-state index in [9.17, 15) is 4.79 Å². The van der Waals surface area contributed by atoms with E-state index in [-0.39, 0.29) is 5.91 Å². The van der Waals surface area contributed by atoms with Crippen LogP contribution in [0.15, 0.2) is 29.2 Å². The number of carbonyl (C=O) groups excluding carboxylic acids is 1. The zero-order valence-electron chi connectivity index (χ0n) is 12.7. The fraction of sp³-hybridized carbons (Fsp3) is 0.533. The Kier molecular flexibility index (Phi) is 4.53. The Balaban J connectivity index is 1.58. The Hall–Kier alpha value is -2.15. The summed E-state index contributed by atoms with van der Waals surface area (Å²) in [4.78, 5) is 14.0. The summed E-state index contributed by atoms with van der Waals surface area (Å²) >= 11 is 0. The second-order valence-corrected chi connectivity index (χ2v) is 5.83. The molecular weight excluding hydrogens is 282 g/mol. The number of nitrogens with zero attached hydrogens (tertiary/aromatic N) is 4. The number of nitrogens with one attached hydrogen (secondary N) is 1. The molecule has 1 saturated heterocycles. The first-order valence-electron chi connectivity index (χ1n) is 7.60. The van der Waals surface area contributed by atoms with Crippen LogP contribution >= 0.6 is 0 Å². The minimum absolute atomic E-state index is 0.130. The molecule has 7 heteroatoms. The zero-order chi connectivity index (χ0) is 15.4. The number of amides is 1. The van der Waals surface area contributed by atoms with E-state index in [4.69, 9.17) is 4.42 Å². The molecule has 7 nitrogen and oxygen atoms in total. The van der Waals surface area contributed by atoms with Gasteiger partial charge in [-0.15, -0.1) is 5.10 Å². The van der Waals surface area contributed by atoms with E-state index in [2.05, 4.69) is 15.6 Å². The molecular formula is C15H21N5O2. The van der Waals surface area contributed by atoms with E-state index < -0.39 is 0 Å². The molecule has 0 saturated carbocycles. The number of piperidine rings is 1. The predicted octanol–water partition coefficient (Wildman–Crippen LogP) is 1.14. The van der Waals surface area contributed by atoms with Gasteiger partial charge in [-0.1, -0.05) is 5.21 Å². The maximum absolute atomic E-state index is 12.3. The molecule has 1 aliphatic rings. The molecule has 2 aromatic heterocycles. The quantitative estimate of drug-likeness (QED) is 0.896. The van der Waals surface area contributed by atoms with Gasteiger partial charge in [0.1, 0.15) is 0 Å². The van der Waals surface area contributed by atoms with Crippen LogP contribution in [0.2, 0.25) is 0 Å². The second-order valence-electron chi connectivity index (χ2n) is 5.83. The molecule has 3 heterocycles. The monoisotopic (exact) mass is 303 g/mol. The van der Waals surface area contributed by atoms with Gasteiger partial charge in [-0.3, -0.25) is 9.48 Å². The average molecular weight is 303 g/mol. The summed E-state index contributed by atoms with van der Waals surface area (Å²) in [5, 5.41) is 11.5. The average Bonchev–Trinajstić information content (AvgIpc) is 3.19. The Morgan fingerprint density at radius 3 is 3.23 bits per heavy atom. The van der Waals surface area contributed by atoms with Gasteiger partial charge in [-0.05, 0) is 37.9 Å². The van der Waals surface area contributed by atoms with Gasteiger partial charge in [0.05, 0.1) is 18.7 Å². The van der Waals surface area contributed by atoms with E-state index >= 15 is 0 Å². The zero-order valence-corrected chi connectivity index (χ0v) is 12.7. The third-order valence-electron chi connectivity index (χ3n) is 3.95. The topological polar surface area (TPSA) is 76.2 Å². The van der Waals surface area contributed by atoms with Crippen LogP contribution < -0.4 is 5.32 Å². The number of rotatable bonds is 5. The molecule has 1 fully saturated rings. The fourth-order valence-corrected chi connectivity index (χ4v) is 2.75. The summed E-state index contributed by atoms with van der Waals surface area (Å²) < 4.78 is 6.79. The highest BCUT2D eigenvalue weighted by Gasteiger charge is 2.18. The second kappa shape index (κ2) is 6.74. The summed E-state index contributed by atoms with van der Waals surface area (Å²) in [6.45, 7) is 3.40. The van der Waals surface area contributed by atoms with Gasteiger partial charge in [0.25, 0.3) is 5.91 Å². The maximum Gasteiger partial charge on any atom is 0.276 e. The van der Waals surface area contributed by atoms with E-state index in [0.717, 1.165) is 25.2 Å². The van der Waals surface area contributed by atoms with Crippen molar-refractivity contribution >= 4 is 5.91 Å². The van der Waals surface area contributed by atoms with Gasteiger partial charge in [-0.25, -0.2) is 0 Å². The molecule has 0 bridgehead atoms. The van der Waals surface area contributed by atoms with E-state index in [0.29, 0.717) is 18.2 Å². The van der Waals surface area contributed by atoms with Crippen molar-refractivity contribution in [3.63, 3.8) is 0 Å². The van der Waals surface area contributed by atoms with Gasteiger partial charge >= 0.3 is 0 Å². The molecule has 1 atom stereocenters. The molecule has 0 radical (unpaired) electrons. The third kappa shape index (κ3) is 3.54. The highest BCUT2D eigenvalue weighted by atomic mass is 16.3. The molecule has 22 heavy (non-hydrogen) atoms. The lowest BCUT2D eigenvalue weighted by atomic mass is 10.00. The molecule has 118 valence electrons. The van der Waals surface area contributed by atoms with Crippen molar-refractivity contribution in [1.29, 1.82) is 0 Å². The maximum atomic E-state index is 12.3. The SMILES string of the molecule is CN(Cc1ccoc1)C(=O)c1cn(C[C@H]2CCCNC2)nn1. The lowest BCUT2D eigenvalue weighted by Gasteiger charge is -2.22. The highest BCUT2D eigenvalue weighted by molar-refractivity contribution is 5.91. The minimum Gasteiger partial charge on any atom is -0.472 e. The van der Waals surface area contributed by atoms with E-state index in [1.807, 2.05) is 6.07 Å². The van der Waals surface area contributed by atoms with Crippen molar-refractivity contribution in [2.24, 2.45) is 5.92 Å². The van der Waals surface area contributed by atoms with Gasteiger partial charge < -0.3 is 14.6 Å². The molecule has 0 spiro atoms. The van der Waals surface area contributed by atoms with E-state index in [1.54, 1.807) is 35.4 Å². The molecule has 0 aliphatic carbocycles. The molecule has 0 aromatic carbocycles. The molecule has 2 aromatic rings. The summed E-state index contributed by atoms with van der Waals surface area (Å²) in [6, 6.07) is 1.84. The van der Waals surface area contributed by atoms with Crippen molar-refractivity contribution in [1.82, 2.24) is 25.2 Å².